The van der Waals surface area contributed by atoms with Gasteiger partial charge in [-0.3, -0.25) is 9.35 Å². The van der Waals surface area contributed by atoms with Crippen molar-refractivity contribution in [2.24, 2.45) is 0 Å². The number of phenolic OH excluding ortho intramolecular Hbond substituents is 1. The second-order valence-corrected chi connectivity index (χ2v) is 3.06. The summed E-state index contributed by atoms with van der Waals surface area (Å²) in [6.07, 6.45) is 0.421. The van der Waals surface area contributed by atoms with Crippen LogP contribution in [0.4, 0.5) is 0 Å². The van der Waals surface area contributed by atoms with E-state index < -0.39 is 11.4 Å². The molecule has 0 aliphatic rings. The van der Waals surface area contributed by atoms with E-state index in [2.05, 4.69) is 4.18 Å². The number of ether oxygens (including phenoxy) is 1. The molecule has 0 bridgehead atoms. The third-order valence-corrected chi connectivity index (χ3v) is 1.92. The van der Waals surface area contributed by atoms with Crippen LogP contribution in [-0.2, 0) is 11.4 Å². The first-order valence-corrected chi connectivity index (χ1v) is 4.77. The minimum Gasteiger partial charge on any atom is -0.504 e. The van der Waals surface area contributed by atoms with Crippen LogP contribution in [-0.4, -0.2) is 27.3 Å². The van der Waals surface area contributed by atoms with E-state index in [1.807, 2.05) is 0 Å². The molecule has 0 spiro atoms. The number of aromatic hydroxyl groups is 1. The molecule has 0 aliphatic carbocycles. The summed E-state index contributed by atoms with van der Waals surface area (Å²) in [5.74, 6) is -0.723. The molecule has 0 amide bonds. The van der Waals surface area contributed by atoms with E-state index in [1.165, 1.54) is 19.2 Å². The van der Waals surface area contributed by atoms with E-state index in [9.17, 15) is 14.1 Å². The number of hydrogen-bond donors (Lipinski definition) is 2. The van der Waals surface area contributed by atoms with E-state index in [1.54, 1.807) is 0 Å². The maximum Gasteiger partial charge on any atom is 0.357 e. The lowest BCUT2D eigenvalue weighted by atomic mass is 10.2. The number of rotatable bonds is 4. The van der Waals surface area contributed by atoms with Gasteiger partial charge in [-0.2, -0.15) is 4.21 Å². The van der Waals surface area contributed by atoms with Crippen molar-refractivity contribution in [2.75, 3.05) is 7.11 Å². The second-order valence-electron chi connectivity index (χ2n) is 2.45. The van der Waals surface area contributed by atoms with Crippen LogP contribution in [0.25, 0.3) is 0 Å². The fourth-order valence-electron chi connectivity index (χ4n) is 1.01. The molecule has 2 N–H and O–H groups in total. The Labute approximate surface area is 87.9 Å². The Balaban J connectivity index is 3.33. The Morgan fingerprint density at radius 1 is 1.40 bits per heavy atom. The van der Waals surface area contributed by atoms with Gasteiger partial charge in [0.05, 0.1) is 12.7 Å². The molecule has 1 unspecified atom stereocenters. The number of methoxy groups -OCH3 is 1. The smallest absolute Gasteiger partial charge is 0.357 e. The highest BCUT2D eigenvalue weighted by molar-refractivity contribution is 7.74. The standard InChI is InChI=1S/C8H8O6S/c1-13-8-6(10)3-2-5(4-9)7(8)14-15(11)12/h2-4,10H,1H3,(H,11,12). The Hall–Kier alpha value is -1.60. The maximum absolute atomic E-state index is 10.6. The highest BCUT2D eigenvalue weighted by Gasteiger charge is 2.17. The number of carbonyl (C=O) groups is 1. The SMILES string of the molecule is COc1c(O)ccc(C=O)c1OS(=O)O. The predicted molar refractivity (Wildman–Crippen MR) is 51.4 cm³/mol. The molecule has 7 heteroatoms. The summed E-state index contributed by atoms with van der Waals surface area (Å²) in [6, 6.07) is 2.46. The van der Waals surface area contributed by atoms with Crippen molar-refractivity contribution in [3.05, 3.63) is 17.7 Å². The zero-order chi connectivity index (χ0) is 11.4. The summed E-state index contributed by atoms with van der Waals surface area (Å²) >= 11 is -2.60. The summed E-state index contributed by atoms with van der Waals surface area (Å²) in [5, 5.41) is 9.32. The monoisotopic (exact) mass is 232 g/mol. The molecule has 0 heterocycles. The normalized spacial score (nSPS) is 11.9. The van der Waals surface area contributed by atoms with Crippen LogP contribution in [0.5, 0.6) is 17.2 Å². The fraction of sp³-hybridized carbons (Fsp3) is 0.125. The van der Waals surface area contributed by atoms with Crippen LogP contribution in [0.1, 0.15) is 10.4 Å². The Morgan fingerprint density at radius 2 is 2.07 bits per heavy atom. The van der Waals surface area contributed by atoms with Crippen LogP contribution < -0.4 is 8.92 Å². The molecule has 82 valence electrons. The molecule has 0 saturated heterocycles. The molecule has 1 aromatic rings. The first-order valence-electron chi connectivity index (χ1n) is 3.74. The van der Waals surface area contributed by atoms with Crippen molar-refractivity contribution in [1.29, 1.82) is 0 Å². The van der Waals surface area contributed by atoms with Crippen LogP contribution in [0.2, 0.25) is 0 Å². The molecule has 15 heavy (non-hydrogen) atoms. The number of carbonyl (C=O) groups excluding carboxylic acids is 1. The van der Waals surface area contributed by atoms with Gasteiger partial charge in [0.25, 0.3) is 0 Å². The number of aldehydes is 1. The van der Waals surface area contributed by atoms with Crippen molar-refractivity contribution < 1.29 is 27.6 Å². The van der Waals surface area contributed by atoms with Crippen LogP contribution in [0.15, 0.2) is 12.1 Å². The molecule has 1 atom stereocenters. The summed E-state index contributed by atoms with van der Waals surface area (Å²) < 4.78 is 28.2. The largest absolute Gasteiger partial charge is 0.504 e. The maximum atomic E-state index is 10.6. The van der Waals surface area contributed by atoms with Gasteiger partial charge in [-0.15, -0.1) is 0 Å². The van der Waals surface area contributed by atoms with Crippen molar-refractivity contribution in [1.82, 2.24) is 0 Å². The van der Waals surface area contributed by atoms with Gasteiger partial charge in [-0.25, -0.2) is 0 Å². The number of hydrogen-bond acceptors (Lipinski definition) is 5. The molecule has 0 radical (unpaired) electrons. The minimum absolute atomic E-state index is 0.00653. The molecule has 1 rings (SSSR count). The van der Waals surface area contributed by atoms with E-state index >= 15 is 0 Å². The van der Waals surface area contributed by atoms with Gasteiger partial charge in [-0.1, -0.05) is 0 Å². The second kappa shape index (κ2) is 4.76. The van der Waals surface area contributed by atoms with Crippen molar-refractivity contribution >= 4 is 17.6 Å². The molecule has 0 saturated carbocycles. The van der Waals surface area contributed by atoms with E-state index in [0.717, 1.165) is 0 Å². The van der Waals surface area contributed by atoms with Crippen LogP contribution >= 0.6 is 0 Å². The number of phenols is 1. The third kappa shape index (κ3) is 2.45. The van der Waals surface area contributed by atoms with Crippen LogP contribution in [0.3, 0.4) is 0 Å². The predicted octanol–water partition coefficient (Wildman–Crippen LogP) is 0.729. The Morgan fingerprint density at radius 3 is 2.53 bits per heavy atom. The highest BCUT2D eigenvalue weighted by atomic mass is 32.2. The van der Waals surface area contributed by atoms with Gasteiger partial charge >= 0.3 is 11.4 Å². The molecular formula is C8H8O6S. The fourth-order valence-corrected chi connectivity index (χ4v) is 1.33. The van der Waals surface area contributed by atoms with Gasteiger partial charge in [0, 0.05) is 0 Å². The Bertz CT molecular complexity index is 402. The summed E-state index contributed by atoms with van der Waals surface area (Å²) in [4.78, 5) is 10.6. The molecular weight excluding hydrogens is 224 g/mol. The van der Waals surface area contributed by atoms with Gasteiger partial charge in [0.2, 0.25) is 5.75 Å². The van der Waals surface area contributed by atoms with Gasteiger partial charge in [-0.05, 0) is 12.1 Å². The van der Waals surface area contributed by atoms with Crippen molar-refractivity contribution in [3.8, 4) is 17.2 Å². The summed E-state index contributed by atoms with van der Waals surface area (Å²) in [5.41, 5.74) is 0.00653. The lowest BCUT2D eigenvalue weighted by Gasteiger charge is -2.10. The molecule has 0 aliphatic heterocycles. The first kappa shape index (κ1) is 11.5. The summed E-state index contributed by atoms with van der Waals surface area (Å²) in [7, 11) is 1.23. The lowest BCUT2D eigenvalue weighted by Crippen LogP contribution is -2.02. The zero-order valence-electron chi connectivity index (χ0n) is 7.67. The zero-order valence-corrected chi connectivity index (χ0v) is 8.48. The molecule has 0 aromatic heterocycles. The highest BCUT2D eigenvalue weighted by Crippen LogP contribution is 2.38. The topological polar surface area (TPSA) is 93.1 Å². The minimum atomic E-state index is -2.60. The molecule has 0 fully saturated rings. The van der Waals surface area contributed by atoms with E-state index in [4.69, 9.17) is 9.29 Å². The van der Waals surface area contributed by atoms with Gasteiger partial charge < -0.3 is 14.0 Å². The summed E-state index contributed by atoms with van der Waals surface area (Å²) in [6.45, 7) is 0. The van der Waals surface area contributed by atoms with Crippen LogP contribution in [0, 0.1) is 0 Å². The average molecular weight is 232 g/mol. The van der Waals surface area contributed by atoms with Crippen molar-refractivity contribution in [3.63, 3.8) is 0 Å². The van der Waals surface area contributed by atoms with Crippen molar-refractivity contribution in [2.45, 2.75) is 0 Å². The van der Waals surface area contributed by atoms with E-state index in [0.29, 0.717) is 6.29 Å². The van der Waals surface area contributed by atoms with Gasteiger partial charge in [0.1, 0.15) is 0 Å². The lowest BCUT2D eigenvalue weighted by molar-refractivity contribution is 0.112. The average Bonchev–Trinajstić information content (AvgIpc) is 2.18. The number of benzene rings is 1. The molecule has 1 aromatic carbocycles. The van der Waals surface area contributed by atoms with E-state index in [-0.39, 0.29) is 22.8 Å². The third-order valence-electron chi connectivity index (χ3n) is 1.61. The van der Waals surface area contributed by atoms with Gasteiger partial charge in [0.15, 0.2) is 17.8 Å². The molecule has 6 nitrogen and oxygen atoms in total. The Kier molecular flexibility index (Phi) is 3.64. The first-order chi connectivity index (χ1) is 7.10. The quantitative estimate of drug-likeness (QED) is 0.587.